The van der Waals surface area contributed by atoms with Crippen LogP contribution in [0.4, 0.5) is 0 Å². The molecule has 0 saturated carbocycles. The number of hydrogen-bond acceptors (Lipinski definition) is 1. The minimum Gasteiger partial charge on any atom is -0.389 e. The van der Waals surface area contributed by atoms with E-state index in [4.69, 9.17) is 0 Å². The average Bonchev–Trinajstić information content (AvgIpc) is 2.86. The first-order valence-corrected chi connectivity index (χ1v) is 7.71. The average molecular weight is 238 g/mol. The van der Waals surface area contributed by atoms with Gasteiger partial charge in [-0.25, -0.2) is 0 Å². The fourth-order valence-corrected chi connectivity index (χ4v) is 2.66. The zero-order valence-electron chi connectivity index (χ0n) is 11.6. The second-order valence-electron chi connectivity index (χ2n) is 5.45. The van der Waals surface area contributed by atoms with Crippen LogP contribution in [0.15, 0.2) is 11.6 Å². The molecular formula is C16H30O. The molecule has 0 aliphatic heterocycles. The highest BCUT2D eigenvalue weighted by atomic mass is 16.3. The Hall–Kier alpha value is -0.300. The Labute approximate surface area is 107 Å². The molecule has 1 heteroatoms. The first-order valence-electron chi connectivity index (χ1n) is 7.71. The molecule has 0 amide bonds. The van der Waals surface area contributed by atoms with E-state index in [2.05, 4.69) is 13.0 Å². The SMILES string of the molecule is CCCCCCCCCCC(O)C1=CCCC1. The van der Waals surface area contributed by atoms with Crippen LogP contribution in [-0.2, 0) is 0 Å². The number of allylic oxidation sites excluding steroid dienone is 1. The van der Waals surface area contributed by atoms with Crippen molar-refractivity contribution in [3.63, 3.8) is 0 Å². The lowest BCUT2D eigenvalue weighted by Gasteiger charge is -2.11. The van der Waals surface area contributed by atoms with Gasteiger partial charge in [0.1, 0.15) is 0 Å². The molecule has 0 heterocycles. The smallest absolute Gasteiger partial charge is 0.0750 e. The third-order valence-corrected chi connectivity index (χ3v) is 3.84. The summed E-state index contributed by atoms with van der Waals surface area (Å²) in [7, 11) is 0. The van der Waals surface area contributed by atoms with Gasteiger partial charge in [-0.05, 0) is 31.3 Å². The minimum absolute atomic E-state index is 0.127. The van der Waals surface area contributed by atoms with Crippen molar-refractivity contribution in [1.29, 1.82) is 0 Å². The maximum Gasteiger partial charge on any atom is 0.0750 e. The lowest BCUT2D eigenvalue weighted by Crippen LogP contribution is -2.08. The van der Waals surface area contributed by atoms with Gasteiger partial charge >= 0.3 is 0 Å². The molecule has 0 spiro atoms. The molecule has 0 bridgehead atoms. The van der Waals surface area contributed by atoms with E-state index < -0.39 is 0 Å². The molecule has 0 aromatic heterocycles. The quantitative estimate of drug-likeness (QED) is 0.420. The standard InChI is InChI=1S/C16H30O/c1-2-3-4-5-6-7-8-9-14-16(17)15-12-10-11-13-15/h12,16-17H,2-11,13-14H2,1H3. The normalized spacial score (nSPS) is 17.2. The van der Waals surface area contributed by atoms with E-state index in [1.807, 2.05) is 0 Å². The van der Waals surface area contributed by atoms with Crippen molar-refractivity contribution in [2.45, 2.75) is 90.1 Å². The molecule has 0 aromatic rings. The largest absolute Gasteiger partial charge is 0.389 e. The van der Waals surface area contributed by atoms with Gasteiger partial charge in [0.2, 0.25) is 0 Å². The Kier molecular flexibility index (Phi) is 8.42. The summed E-state index contributed by atoms with van der Waals surface area (Å²) in [4.78, 5) is 0. The van der Waals surface area contributed by atoms with Crippen LogP contribution >= 0.6 is 0 Å². The van der Waals surface area contributed by atoms with Gasteiger partial charge in [-0.2, -0.15) is 0 Å². The Morgan fingerprint density at radius 1 is 1.06 bits per heavy atom. The van der Waals surface area contributed by atoms with E-state index in [9.17, 15) is 5.11 Å². The van der Waals surface area contributed by atoms with E-state index >= 15 is 0 Å². The Balaban J connectivity index is 1.86. The van der Waals surface area contributed by atoms with Crippen molar-refractivity contribution in [3.05, 3.63) is 11.6 Å². The first-order chi connectivity index (χ1) is 8.34. The van der Waals surface area contributed by atoms with E-state index in [-0.39, 0.29) is 6.10 Å². The summed E-state index contributed by atoms with van der Waals surface area (Å²) < 4.78 is 0. The first kappa shape index (κ1) is 14.8. The molecule has 1 rings (SSSR count). The Morgan fingerprint density at radius 3 is 2.29 bits per heavy atom. The van der Waals surface area contributed by atoms with Crippen LogP contribution in [0.5, 0.6) is 0 Å². The highest BCUT2D eigenvalue weighted by Gasteiger charge is 2.13. The zero-order valence-corrected chi connectivity index (χ0v) is 11.6. The highest BCUT2D eigenvalue weighted by molar-refractivity contribution is 5.12. The summed E-state index contributed by atoms with van der Waals surface area (Å²) in [5.41, 5.74) is 1.31. The molecular weight excluding hydrogens is 208 g/mol. The molecule has 100 valence electrons. The topological polar surface area (TPSA) is 20.2 Å². The van der Waals surface area contributed by atoms with E-state index in [0.29, 0.717) is 0 Å². The summed E-state index contributed by atoms with van der Waals surface area (Å²) in [5.74, 6) is 0. The van der Waals surface area contributed by atoms with E-state index in [1.54, 1.807) is 0 Å². The molecule has 17 heavy (non-hydrogen) atoms. The predicted octanol–water partition coefficient (Wildman–Crippen LogP) is 4.99. The number of aliphatic hydroxyl groups excluding tert-OH is 1. The van der Waals surface area contributed by atoms with Gasteiger partial charge in [0.05, 0.1) is 6.10 Å². The maximum absolute atomic E-state index is 9.95. The van der Waals surface area contributed by atoms with Crippen molar-refractivity contribution in [3.8, 4) is 0 Å². The Bertz CT molecular complexity index is 208. The van der Waals surface area contributed by atoms with E-state index in [0.717, 1.165) is 12.8 Å². The summed E-state index contributed by atoms with van der Waals surface area (Å²) in [6.45, 7) is 2.26. The van der Waals surface area contributed by atoms with Crippen molar-refractivity contribution in [2.75, 3.05) is 0 Å². The summed E-state index contributed by atoms with van der Waals surface area (Å²) in [6.07, 6.45) is 17.5. The fourth-order valence-electron chi connectivity index (χ4n) is 2.66. The second kappa shape index (κ2) is 9.70. The summed E-state index contributed by atoms with van der Waals surface area (Å²) in [6, 6.07) is 0. The number of unbranched alkanes of at least 4 members (excludes halogenated alkanes) is 7. The van der Waals surface area contributed by atoms with Crippen LogP contribution in [0, 0.1) is 0 Å². The van der Waals surface area contributed by atoms with Gasteiger partial charge in [0.15, 0.2) is 0 Å². The zero-order chi connectivity index (χ0) is 12.3. The molecule has 0 fully saturated rings. The van der Waals surface area contributed by atoms with Gasteiger partial charge in [0.25, 0.3) is 0 Å². The van der Waals surface area contributed by atoms with Crippen molar-refractivity contribution in [2.24, 2.45) is 0 Å². The number of hydrogen-bond donors (Lipinski definition) is 1. The Morgan fingerprint density at radius 2 is 1.71 bits per heavy atom. The van der Waals surface area contributed by atoms with Crippen LogP contribution in [-0.4, -0.2) is 11.2 Å². The lowest BCUT2D eigenvalue weighted by molar-refractivity contribution is 0.193. The van der Waals surface area contributed by atoms with Crippen LogP contribution in [0.2, 0.25) is 0 Å². The highest BCUT2D eigenvalue weighted by Crippen LogP contribution is 2.23. The van der Waals surface area contributed by atoms with Gasteiger partial charge in [0, 0.05) is 0 Å². The van der Waals surface area contributed by atoms with Crippen molar-refractivity contribution >= 4 is 0 Å². The van der Waals surface area contributed by atoms with Crippen LogP contribution in [0.25, 0.3) is 0 Å². The number of rotatable bonds is 10. The van der Waals surface area contributed by atoms with Gasteiger partial charge in [-0.3, -0.25) is 0 Å². The second-order valence-corrected chi connectivity index (χ2v) is 5.45. The molecule has 1 N–H and O–H groups in total. The third kappa shape index (κ3) is 6.88. The maximum atomic E-state index is 9.95. The van der Waals surface area contributed by atoms with Gasteiger partial charge in [-0.15, -0.1) is 0 Å². The molecule has 0 saturated heterocycles. The van der Waals surface area contributed by atoms with Crippen LogP contribution < -0.4 is 0 Å². The summed E-state index contributed by atoms with van der Waals surface area (Å²) >= 11 is 0. The van der Waals surface area contributed by atoms with Crippen LogP contribution in [0.3, 0.4) is 0 Å². The van der Waals surface area contributed by atoms with Gasteiger partial charge < -0.3 is 5.11 Å². The number of aliphatic hydroxyl groups is 1. The van der Waals surface area contributed by atoms with E-state index in [1.165, 1.54) is 69.8 Å². The third-order valence-electron chi connectivity index (χ3n) is 3.84. The summed E-state index contributed by atoms with van der Waals surface area (Å²) in [5, 5.41) is 9.95. The minimum atomic E-state index is -0.127. The predicted molar refractivity (Wildman–Crippen MR) is 75.2 cm³/mol. The molecule has 1 nitrogen and oxygen atoms in total. The molecule has 1 aliphatic rings. The van der Waals surface area contributed by atoms with Crippen LogP contribution in [0.1, 0.15) is 84.0 Å². The fraction of sp³-hybridized carbons (Fsp3) is 0.875. The molecule has 0 aromatic carbocycles. The lowest BCUT2D eigenvalue weighted by atomic mass is 10.0. The van der Waals surface area contributed by atoms with Gasteiger partial charge in [-0.1, -0.05) is 64.4 Å². The monoisotopic (exact) mass is 238 g/mol. The molecule has 1 aliphatic carbocycles. The van der Waals surface area contributed by atoms with Crippen molar-refractivity contribution < 1.29 is 5.11 Å². The van der Waals surface area contributed by atoms with Crippen molar-refractivity contribution in [1.82, 2.24) is 0 Å². The molecule has 1 atom stereocenters. The molecule has 1 unspecified atom stereocenters. The molecule has 0 radical (unpaired) electrons.